The number of halogens is 2. The van der Waals surface area contributed by atoms with Crippen molar-refractivity contribution < 1.29 is 36.6 Å². The number of amides is 1. The molecule has 0 spiro atoms. The van der Waals surface area contributed by atoms with Crippen molar-refractivity contribution >= 4 is 27.7 Å². The van der Waals surface area contributed by atoms with Gasteiger partial charge in [0.15, 0.2) is 5.82 Å². The summed E-state index contributed by atoms with van der Waals surface area (Å²) in [6, 6.07) is 4.41. The first-order chi connectivity index (χ1) is 16.5. The molecule has 2 N–H and O–H groups in total. The lowest BCUT2D eigenvalue weighted by atomic mass is 9.96. The summed E-state index contributed by atoms with van der Waals surface area (Å²) in [6.45, 7) is 3.49. The van der Waals surface area contributed by atoms with Gasteiger partial charge in [0.05, 0.1) is 23.8 Å². The molecule has 1 saturated heterocycles. The smallest absolute Gasteiger partial charge is 0.341 e. The van der Waals surface area contributed by atoms with Gasteiger partial charge in [-0.05, 0) is 25.0 Å². The van der Waals surface area contributed by atoms with E-state index in [2.05, 4.69) is 4.98 Å². The number of carbonyl (C=O) groups is 2. The van der Waals surface area contributed by atoms with E-state index in [1.54, 1.807) is 18.7 Å². The van der Waals surface area contributed by atoms with E-state index in [9.17, 15) is 37.2 Å². The zero-order valence-corrected chi connectivity index (χ0v) is 19.7. The molecule has 1 aliphatic rings. The van der Waals surface area contributed by atoms with E-state index >= 15 is 0 Å². The molecule has 3 rings (SSSR count). The summed E-state index contributed by atoms with van der Waals surface area (Å²) in [4.78, 5) is 30.0. The third-order valence-corrected chi connectivity index (χ3v) is 6.58. The number of nitrogens with one attached hydrogen (secondary N) is 1. The van der Waals surface area contributed by atoms with Crippen molar-refractivity contribution in [3.05, 3.63) is 52.1 Å². The van der Waals surface area contributed by atoms with Crippen LogP contribution in [0.5, 0.6) is 5.88 Å². The Morgan fingerprint density at radius 2 is 2.00 bits per heavy atom. The molecule has 0 aliphatic carbocycles. The molecule has 1 aromatic heterocycles. The highest BCUT2D eigenvalue weighted by Crippen LogP contribution is 2.34. The van der Waals surface area contributed by atoms with E-state index in [1.807, 2.05) is 10.8 Å². The van der Waals surface area contributed by atoms with Crippen LogP contribution in [0.2, 0.25) is 0 Å². The minimum Gasteiger partial charge on any atom is -0.477 e. The SMILES string of the molecule is CCOc1nc(N2CC(C(=O)NS(=O)(=O)Cc3ccc(F)cc3F)C2)c(C#N)c(CC)c1C(=O)O. The highest BCUT2D eigenvalue weighted by atomic mass is 32.2. The molecule has 10 nitrogen and oxygen atoms in total. The number of hydrogen-bond acceptors (Lipinski definition) is 8. The lowest BCUT2D eigenvalue weighted by Crippen LogP contribution is -2.55. The second kappa shape index (κ2) is 10.2. The van der Waals surface area contributed by atoms with Crippen LogP contribution in [0.4, 0.5) is 14.6 Å². The van der Waals surface area contributed by atoms with Crippen molar-refractivity contribution in [2.24, 2.45) is 5.92 Å². The number of carboxylic acid groups (broad SMARTS) is 1. The molecule has 1 amide bonds. The molecule has 186 valence electrons. The van der Waals surface area contributed by atoms with Gasteiger partial charge in [0, 0.05) is 24.7 Å². The highest BCUT2D eigenvalue weighted by molar-refractivity contribution is 7.89. The molecule has 1 fully saturated rings. The summed E-state index contributed by atoms with van der Waals surface area (Å²) < 4.78 is 58.7. The van der Waals surface area contributed by atoms with Crippen LogP contribution < -0.4 is 14.4 Å². The summed E-state index contributed by atoms with van der Waals surface area (Å²) in [5, 5.41) is 19.3. The number of aromatic nitrogens is 1. The fourth-order valence-corrected chi connectivity index (χ4v) is 4.88. The van der Waals surface area contributed by atoms with Crippen LogP contribution in [0.15, 0.2) is 18.2 Å². The van der Waals surface area contributed by atoms with Crippen LogP contribution >= 0.6 is 0 Å². The number of anilines is 1. The summed E-state index contributed by atoms with van der Waals surface area (Å²) >= 11 is 0. The van der Waals surface area contributed by atoms with Crippen molar-refractivity contribution in [2.75, 3.05) is 24.6 Å². The molecule has 0 saturated carbocycles. The number of carbonyl (C=O) groups excluding carboxylic acids is 1. The Morgan fingerprint density at radius 1 is 1.31 bits per heavy atom. The van der Waals surface area contributed by atoms with Gasteiger partial charge < -0.3 is 14.7 Å². The van der Waals surface area contributed by atoms with Gasteiger partial charge in [-0.2, -0.15) is 10.2 Å². The Bertz CT molecular complexity index is 1320. The van der Waals surface area contributed by atoms with Crippen molar-refractivity contribution in [1.82, 2.24) is 9.71 Å². The van der Waals surface area contributed by atoms with Gasteiger partial charge in [0.2, 0.25) is 21.8 Å². The topological polar surface area (TPSA) is 150 Å². The standard InChI is InChI=1S/C22H22F2N4O6S/c1-3-15-16(8-25)19(26-21(34-4-2)18(15)22(30)31)28-9-13(10-28)20(29)27-35(32,33)11-12-5-6-14(23)7-17(12)24/h5-7,13H,3-4,9-11H2,1-2H3,(H,27,29)(H,30,31). The lowest BCUT2D eigenvalue weighted by Gasteiger charge is -2.39. The van der Waals surface area contributed by atoms with Crippen LogP contribution in [0.1, 0.15) is 40.9 Å². The summed E-state index contributed by atoms with van der Waals surface area (Å²) in [5.74, 6) is -5.67. The average molecular weight is 509 g/mol. The number of nitriles is 1. The molecule has 0 radical (unpaired) electrons. The fourth-order valence-electron chi connectivity index (χ4n) is 3.69. The molecule has 1 aromatic carbocycles. The average Bonchev–Trinajstić information content (AvgIpc) is 2.73. The largest absolute Gasteiger partial charge is 0.477 e. The summed E-state index contributed by atoms with van der Waals surface area (Å²) in [5.41, 5.74) is -0.223. The summed E-state index contributed by atoms with van der Waals surface area (Å²) in [6.07, 6.45) is 0.218. The Labute approximate surface area is 200 Å². The van der Waals surface area contributed by atoms with Gasteiger partial charge in [-0.1, -0.05) is 13.0 Å². The van der Waals surface area contributed by atoms with Crippen molar-refractivity contribution in [3.63, 3.8) is 0 Å². The number of aromatic carboxylic acids is 1. The predicted octanol–water partition coefficient (Wildman–Crippen LogP) is 1.97. The molecule has 0 unspecified atom stereocenters. The van der Waals surface area contributed by atoms with Crippen molar-refractivity contribution in [2.45, 2.75) is 26.0 Å². The number of ether oxygens (including phenoxy) is 1. The van der Waals surface area contributed by atoms with Crippen LogP contribution in [0, 0.1) is 28.9 Å². The van der Waals surface area contributed by atoms with E-state index in [-0.39, 0.29) is 60.1 Å². The first-order valence-electron chi connectivity index (χ1n) is 10.6. The third kappa shape index (κ3) is 5.48. The van der Waals surface area contributed by atoms with Crippen molar-refractivity contribution in [3.8, 4) is 11.9 Å². The normalized spacial score (nSPS) is 13.6. The molecule has 1 aliphatic heterocycles. The van der Waals surface area contributed by atoms with Crippen LogP contribution in [0.3, 0.4) is 0 Å². The van der Waals surface area contributed by atoms with Gasteiger partial charge in [0.25, 0.3) is 0 Å². The molecule has 2 heterocycles. The number of hydrogen-bond donors (Lipinski definition) is 2. The maximum Gasteiger partial charge on any atom is 0.341 e. The quantitative estimate of drug-likeness (QED) is 0.518. The Morgan fingerprint density at radius 3 is 2.54 bits per heavy atom. The Kier molecular flexibility index (Phi) is 7.54. The first-order valence-corrected chi connectivity index (χ1v) is 12.2. The maximum atomic E-state index is 13.8. The molecule has 0 bridgehead atoms. The van der Waals surface area contributed by atoms with Gasteiger partial charge in [0.1, 0.15) is 23.3 Å². The predicted molar refractivity (Wildman–Crippen MR) is 119 cm³/mol. The lowest BCUT2D eigenvalue weighted by molar-refractivity contribution is -0.123. The number of pyridine rings is 1. The van der Waals surface area contributed by atoms with E-state index in [0.717, 1.165) is 12.1 Å². The Balaban J connectivity index is 1.76. The molecule has 13 heteroatoms. The van der Waals surface area contributed by atoms with E-state index in [4.69, 9.17) is 4.74 Å². The first kappa shape index (κ1) is 25.8. The number of benzene rings is 1. The second-order valence-corrected chi connectivity index (χ2v) is 9.46. The van der Waals surface area contributed by atoms with Gasteiger partial charge in [-0.3, -0.25) is 9.52 Å². The number of carboxylic acids is 1. The van der Waals surface area contributed by atoms with Gasteiger partial charge in [-0.25, -0.2) is 22.0 Å². The Hall–Kier alpha value is -3.79. The van der Waals surface area contributed by atoms with E-state index < -0.39 is 45.2 Å². The van der Waals surface area contributed by atoms with Crippen LogP contribution in [-0.2, 0) is 27.0 Å². The van der Waals surface area contributed by atoms with Gasteiger partial charge in [-0.15, -0.1) is 0 Å². The molecule has 2 aromatic rings. The molecular formula is C22H22F2N4O6S. The molecule has 35 heavy (non-hydrogen) atoms. The number of rotatable bonds is 9. The molecule has 0 atom stereocenters. The zero-order valence-electron chi connectivity index (χ0n) is 18.8. The number of sulfonamides is 1. The second-order valence-electron chi connectivity index (χ2n) is 7.74. The third-order valence-electron chi connectivity index (χ3n) is 5.38. The minimum atomic E-state index is -4.26. The monoisotopic (exact) mass is 508 g/mol. The van der Waals surface area contributed by atoms with Crippen molar-refractivity contribution in [1.29, 1.82) is 5.26 Å². The summed E-state index contributed by atoms with van der Waals surface area (Å²) in [7, 11) is -4.26. The van der Waals surface area contributed by atoms with E-state index in [0.29, 0.717) is 6.07 Å². The fraction of sp³-hybridized carbons (Fsp3) is 0.364. The van der Waals surface area contributed by atoms with E-state index in [1.165, 1.54) is 0 Å². The minimum absolute atomic E-state index is 0.00901. The molecular weight excluding hydrogens is 486 g/mol. The zero-order chi connectivity index (χ0) is 25.9. The maximum absolute atomic E-state index is 13.8. The van der Waals surface area contributed by atoms with Crippen LogP contribution in [-0.4, -0.2) is 50.1 Å². The number of nitrogens with zero attached hydrogens (tertiary/aromatic N) is 3. The van der Waals surface area contributed by atoms with Crippen LogP contribution in [0.25, 0.3) is 0 Å². The van der Waals surface area contributed by atoms with Gasteiger partial charge >= 0.3 is 5.97 Å². The highest BCUT2D eigenvalue weighted by Gasteiger charge is 2.38.